The average Bonchev–Trinajstić information content (AvgIpc) is 2.15. The Morgan fingerprint density at radius 1 is 1.14 bits per heavy atom. The summed E-state index contributed by atoms with van der Waals surface area (Å²) in [7, 11) is 0. The Labute approximate surface area is 96.7 Å². The van der Waals surface area contributed by atoms with E-state index in [2.05, 4.69) is 36.7 Å². The lowest BCUT2D eigenvalue weighted by Crippen LogP contribution is -2.35. The molecule has 0 bridgehead atoms. The molecule has 0 atom stereocenters. The molecular weight excluding hydrogens is 240 g/mol. The summed E-state index contributed by atoms with van der Waals surface area (Å²) in [4.78, 5) is 0. The van der Waals surface area contributed by atoms with Crippen molar-refractivity contribution in [2.45, 2.75) is 58.5 Å². The van der Waals surface area contributed by atoms with E-state index in [1.165, 1.54) is 32.1 Å². The fraction of sp³-hybridized carbons (Fsp3) is 1.00. The van der Waals surface area contributed by atoms with Crippen LogP contribution in [0.5, 0.6) is 0 Å². The molecule has 1 nitrogen and oxygen atoms in total. The Bertz CT molecular complexity index is 166. The third kappa shape index (κ3) is 3.90. The molecule has 1 aliphatic rings. The lowest BCUT2D eigenvalue weighted by molar-refractivity contribution is -0.0553. The molecule has 0 saturated heterocycles. The van der Waals surface area contributed by atoms with Gasteiger partial charge in [0.2, 0.25) is 0 Å². The van der Waals surface area contributed by atoms with E-state index in [0.717, 1.165) is 11.9 Å². The number of rotatable bonds is 3. The molecule has 0 radical (unpaired) electrons. The van der Waals surface area contributed by atoms with Gasteiger partial charge in [-0.25, -0.2) is 0 Å². The fourth-order valence-electron chi connectivity index (χ4n) is 1.99. The third-order valence-corrected chi connectivity index (χ3v) is 4.20. The van der Waals surface area contributed by atoms with E-state index in [4.69, 9.17) is 4.74 Å². The first-order chi connectivity index (χ1) is 6.47. The second kappa shape index (κ2) is 4.98. The molecule has 1 aliphatic carbocycles. The molecule has 14 heavy (non-hydrogen) atoms. The van der Waals surface area contributed by atoms with Crippen molar-refractivity contribution in [1.82, 2.24) is 0 Å². The Balaban J connectivity index is 2.44. The summed E-state index contributed by atoms with van der Waals surface area (Å²) in [6.07, 6.45) is 6.81. The topological polar surface area (TPSA) is 9.23 Å². The largest absolute Gasteiger partial charge is 0.375 e. The minimum atomic E-state index is 0.00656. The van der Waals surface area contributed by atoms with Gasteiger partial charge in [0, 0.05) is 10.7 Å². The smallest absolute Gasteiger partial charge is 0.0598 e. The van der Waals surface area contributed by atoms with Gasteiger partial charge in [-0.2, -0.15) is 0 Å². The summed E-state index contributed by atoms with van der Waals surface area (Å²) in [5.74, 6) is 0. The van der Waals surface area contributed by atoms with E-state index >= 15 is 0 Å². The van der Waals surface area contributed by atoms with Crippen molar-refractivity contribution in [1.29, 1.82) is 0 Å². The first-order valence-electron chi connectivity index (χ1n) is 5.67. The van der Waals surface area contributed by atoms with Crippen LogP contribution in [-0.4, -0.2) is 17.5 Å². The number of hydrogen-bond acceptors (Lipinski definition) is 1. The number of ether oxygens (including phenoxy) is 1. The summed E-state index contributed by atoms with van der Waals surface area (Å²) in [6.45, 7) is 7.33. The van der Waals surface area contributed by atoms with Crippen molar-refractivity contribution in [3.63, 3.8) is 0 Å². The van der Waals surface area contributed by atoms with Gasteiger partial charge in [0.1, 0.15) is 0 Å². The van der Waals surface area contributed by atoms with Crippen LogP contribution in [0.3, 0.4) is 0 Å². The molecular formula is C12H23BrO. The quantitative estimate of drug-likeness (QED) is 0.695. The van der Waals surface area contributed by atoms with Crippen molar-refractivity contribution in [3.05, 3.63) is 0 Å². The Morgan fingerprint density at radius 3 is 2.14 bits per heavy atom. The van der Waals surface area contributed by atoms with Crippen LogP contribution in [0, 0.1) is 5.41 Å². The molecule has 0 heterocycles. The minimum Gasteiger partial charge on any atom is -0.375 e. The molecule has 2 heteroatoms. The number of alkyl halides is 1. The van der Waals surface area contributed by atoms with Gasteiger partial charge in [-0.05, 0) is 33.6 Å². The Kier molecular flexibility index (Phi) is 4.45. The first-order valence-corrected chi connectivity index (χ1v) is 6.80. The van der Waals surface area contributed by atoms with Gasteiger partial charge in [-0.3, -0.25) is 0 Å². The molecule has 0 amide bonds. The molecule has 0 spiro atoms. The summed E-state index contributed by atoms with van der Waals surface area (Å²) in [5, 5.41) is 1.09. The van der Waals surface area contributed by atoms with Crippen molar-refractivity contribution >= 4 is 15.9 Å². The second-order valence-electron chi connectivity index (χ2n) is 5.60. The molecule has 84 valence electrons. The van der Waals surface area contributed by atoms with E-state index in [1.54, 1.807) is 0 Å². The molecule has 0 aromatic carbocycles. The second-order valence-corrected chi connectivity index (χ2v) is 6.16. The van der Waals surface area contributed by atoms with Crippen molar-refractivity contribution in [2.75, 3.05) is 11.9 Å². The van der Waals surface area contributed by atoms with Crippen LogP contribution in [0.4, 0.5) is 0 Å². The molecule has 1 rings (SSSR count). The Morgan fingerprint density at radius 2 is 1.71 bits per heavy atom. The van der Waals surface area contributed by atoms with Gasteiger partial charge in [-0.1, -0.05) is 35.2 Å². The Hall–Kier alpha value is 0.440. The number of halogens is 1. The van der Waals surface area contributed by atoms with E-state index in [1.807, 2.05) is 0 Å². The summed E-state index contributed by atoms with van der Waals surface area (Å²) < 4.78 is 5.93. The van der Waals surface area contributed by atoms with Gasteiger partial charge in [0.15, 0.2) is 0 Å². The standard InChI is InChI=1S/C12H23BrO/c1-11(2,3)14-10-12(9-13)7-5-4-6-8-12/h4-10H2,1-3H3. The zero-order chi connectivity index (χ0) is 10.7. The molecule has 0 unspecified atom stereocenters. The monoisotopic (exact) mass is 262 g/mol. The molecule has 0 aromatic heterocycles. The van der Waals surface area contributed by atoms with Crippen LogP contribution in [0.1, 0.15) is 52.9 Å². The third-order valence-electron chi connectivity index (χ3n) is 3.01. The zero-order valence-electron chi connectivity index (χ0n) is 9.74. The summed E-state index contributed by atoms with van der Waals surface area (Å²) >= 11 is 3.66. The molecule has 1 fully saturated rings. The van der Waals surface area contributed by atoms with E-state index in [0.29, 0.717) is 5.41 Å². The van der Waals surface area contributed by atoms with Crippen LogP contribution >= 0.6 is 15.9 Å². The predicted molar refractivity (Wildman–Crippen MR) is 65.0 cm³/mol. The highest BCUT2D eigenvalue weighted by molar-refractivity contribution is 9.09. The normalized spacial score (nSPS) is 22.3. The van der Waals surface area contributed by atoms with Gasteiger partial charge in [0.05, 0.1) is 12.2 Å². The van der Waals surface area contributed by atoms with Crippen molar-refractivity contribution in [3.8, 4) is 0 Å². The lowest BCUT2D eigenvalue weighted by atomic mass is 9.76. The molecule has 1 saturated carbocycles. The maximum atomic E-state index is 5.93. The number of hydrogen-bond donors (Lipinski definition) is 0. The van der Waals surface area contributed by atoms with Crippen LogP contribution in [0.2, 0.25) is 0 Å². The van der Waals surface area contributed by atoms with E-state index < -0.39 is 0 Å². The van der Waals surface area contributed by atoms with Crippen molar-refractivity contribution < 1.29 is 4.74 Å². The van der Waals surface area contributed by atoms with E-state index in [9.17, 15) is 0 Å². The van der Waals surface area contributed by atoms with Gasteiger partial charge >= 0.3 is 0 Å². The maximum Gasteiger partial charge on any atom is 0.0598 e. The molecule has 0 aromatic rings. The SMILES string of the molecule is CC(C)(C)OCC1(CBr)CCCCC1. The first kappa shape index (κ1) is 12.5. The van der Waals surface area contributed by atoms with Crippen LogP contribution in [0.15, 0.2) is 0 Å². The van der Waals surface area contributed by atoms with Crippen LogP contribution in [-0.2, 0) is 4.74 Å². The van der Waals surface area contributed by atoms with Gasteiger partial charge in [-0.15, -0.1) is 0 Å². The van der Waals surface area contributed by atoms with Crippen molar-refractivity contribution in [2.24, 2.45) is 5.41 Å². The van der Waals surface area contributed by atoms with Gasteiger partial charge < -0.3 is 4.74 Å². The highest BCUT2D eigenvalue weighted by Crippen LogP contribution is 2.38. The summed E-state index contributed by atoms with van der Waals surface area (Å²) in [6, 6.07) is 0. The minimum absolute atomic E-state index is 0.00656. The van der Waals surface area contributed by atoms with Crippen LogP contribution < -0.4 is 0 Å². The lowest BCUT2D eigenvalue weighted by Gasteiger charge is -2.37. The molecule has 0 N–H and O–H groups in total. The highest BCUT2D eigenvalue weighted by atomic mass is 79.9. The zero-order valence-corrected chi connectivity index (χ0v) is 11.3. The maximum absolute atomic E-state index is 5.93. The summed E-state index contributed by atoms with van der Waals surface area (Å²) in [5.41, 5.74) is 0.429. The van der Waals surface area contributed by atoms with Crippen LogP contribution in [0.25, 0.3) is 0 Å². The average molecular weight is 263 g/mol. The predicted octanol–water partition coefficient (Wildman–Crippen LogP) is 4.15. The fourth-order valence-corrected chi connectivity index (χ4v) is 2.71. The van der Waals surface area contributed by atoms with Gasteiger partial charge in [0.25, 0.3) is 0 Å². The highest BCUT2D eigenvalue weighted by Gasteiger charge is 2.32. The molecule has 0 aliphatic heterocycles. The van der Waals surface area contributed by atoms with E-state index in [-0.39, 0.29) is 5.60 Å².